The van der Waals surface area contributed by atoms with Crippen LogP contribution in [0.5, 0.6) is 0 Å². The van der Waals surface area contributed by atoms with E-state index < -0.39 is 0 Å². The summed E-state index contributed by atoms with van der Waals surface area (Å²) in [4.78, 5) is 22.4. The number of benzene rings is 2. The average molecular weight is 419 g/mol. The number of rotatable bonds is 4. The van der Waals surface area contributed by atoms with E-state index in [1.807, 2.05) is 11.6 Å². The molecule has 0 aliphatic carbocycles. The smallest absolute Gasteiger partial charge is 0.257 e. The lowest BCUT2D eigenvalue weighted by Crippen LogP contribution is -2.13. The average Bonchev–Trinajstić information content (AvgIpc) is 3.46. The van der Waals surface area contributed by atoms with Crippen molar-refractivity contribution in [2.75, 3.05) is 5.32 Å². The van der Waals surface area contributed by atoms with Gasteiger partial charge in [0.05, 0.1) is 0 Å². The quantitative estimate of drug-likeness (QED) is 0.452. The number of hydrogen-bond acceptors (Lipinski definition) is 6. The van der Waals surface area contributed by atoms with Crippen LogP contribution in [0.2, 0.25) is 0 Å². The topological polar surface area (TPSA) is 85.3 Å². The minimum absolute atomic E-state index is 0.292. The number of hydrogen-bond donors (Lipinski definition) is 1. The van der Waals surface area contributed by atoms with Crippen LogP contribution in [0, 0.1) is 12.7 Å². The number of nitrogens with zero attached hydrogens (tertiary/aromatic N) is 4. The van der Waals surface area contributed by atoms with Gasteiger partial charge in [-0.25, -0.2) is 9.37 Å². The van der Waals surface area contributed by atoms with Crippen molar-refractivity contribution in [2.45, 2.75) is 6.92 Å². The second-order valence-corrected chi connectivity index (χ2v) is 7.42. The zero-order chi connectivity index (χ0) is 20.7. The Morgan fingerprint density at radius 1 is 1.07 bits per heavy atom. The molecule has 0 spiro atoms. The van der Waals surface area contributed by atoms with E-state index in [-0.39, 0.29) is 11.7 Å². The normalized spacial score (nSPS) is 11.1. The number of carbonyl (C=O) groups excluding carboxylic acids is 1. The van der Waals surface area contributed by atoms with E-state index in [1.165, 1.54) is 23.5 Å². The lowest BCUT2D eigenvalue weighted by Gasteiger charge is -2.08. The highest BCUT2D eigenvalue weighted by Crippen LogP contribution is 2.31. The number of aromatic nitrogens is 4. The van der Waals surface area contributed by atoms with Crippen molar-refractivity contribution in [3.63, 3.8) is 0 Å². The molecular formula is C21H14FN5O2S. The van der Waals surface area contributed by atoms with E-state index in [0.29, 0.717) is 34.4 Å². The van der Waals surface area contributed by atoms with Gasteiger partial charge in [-0.3, -0.25) is 9.20 Å². The van der Waals surface area contributed by atoms with E-state index in [9.17, 15) is 9.18 Å². The molecule has 5 rings (SSSR count). The first-order chi connectivity index (χ1) is 14.6. The summed E-state index contributed by atoms with van der Waals surface area (Å²) in [6.07, 6.45) is 1.83. The summed E-state index contributed by atoms with van der Waals surface area (Å²) in [5.41, 5.74) is 2.48. The van der Waals surface area contributed by atoms with E-state index in [4.69, 9.17) is 4.52 Å². The third kappa shape index (κ3) is 3.25. The highest BCUT2D eigenvalue weighted by molar-refractivity contribution is 7.15. The Labute approximate surface area is 173 Å². The molecule has 1 amide bonds. The van der Waals surface area contributed by atoms with Crippen molar-refractivity contribution in [1.29, 1.82) is 0 Å². The number of imidazole rings is 1. The first kappa shape index (κ1) is 18.2. The molecule has 2 aromatic carbocycles. The van der Waals surface area contributed by atoms with Crippen LogP contribution in [0.25, 0.3) is 27.7 Å². The van der Waals surface area contributed by atoms with E-state index in [2.05, 4.69) is 20.4 Å². The molecule has 9 heteroatoms. The van der Waals surface area contributed by atoms with Gasteiger partial charge in [0.1, 0.15) is 17.3 Å². The van der Waals surface area contributed by atoms with Crippen LogP contribution in [-0.2, 0) is 0 Å². The number of nitrogens with one attached hydrogen (secondary N) is 1. The zero-order valence-corrected chi connectivity index (χ0v) is 16.5. The van der Waals surface area contributed by atoms with Gasteiger partial charge < -0.3 is 9.84 Å². The molecule has 0 unspecified atom stereocenters. The lowest BCUT2D eigenvalue weighted by atomic mass is 10.1. The third-order valence-corrected chi connectivity index (χ3v) is 5.29. The van der Waals surface area contributed by atoms with Gasteiger partial charge in [0.2, 0.25) is 0 Å². The van der Waals surface area contributed by atoms with Crippen molar-refractivity contribution in [3.05, 3.63) is 77.3 Å². The number of thiazole rings is 1. The molecule has 3 heterocycles. The molecule has 0 saturated heterocycles. The summed E-state index contributed by atoms with van der Waals surface area (Å²) >= 11 is 1.45. The maximum absolute atomic E-state index is 13.3. The predicted octanol–water partition coefficient (Wildman–Crippen LogP) is 4.81. The van der Waals surface area contributed by atoms with Crippen molar-refractivity contribution < 1.29 is 13.7 Å². The van der Waals surface area contributed by atoms with Gasteiger partial charge in [0, 0.05) is 28.3 Å². The maximum atomic E-state index is 13.3. The van der Waals surface area contributed by atoms with Crippen molar-refractivity contribution in [2.24, 2.45) is 0 Å². The van der Waals surface area contributed by atoms with Gasteiger partial charge in [-0.1, -0.05) is 5.16 Å². The standard InChI is InChI=1S/C21H14FN5O2S/c1-12-23-20(29-26-12)15-4-2-14(3-5-15)19(28)25-18-17(13-6-8-16(22)9-7-13)24-21-27(18)10-11-30-21/h2-11H,1H3,(H,25,28). The number of amides is 1. The first-order valence-corrected chi connectivity index (χ1v) is 9.90. The van der Waals surface area contributed by atoms with Crippen LogP contribution in [0.1, 0.15) is 16.2 Å². The Kier molecular flexibility index (Phi) is 4.36. The van der Waals surface area contributed by atoms with Crippen LogP contribution in [0.4, 0.5) is 10.2 Å². The summed E-state index contributed by atoms with van der Waals surface area (Å²) in [5.74, 6) is 0.843. The van der Waals surface area contributed by atoms with Gasteiger partial charge in [0.25, 0.3) is 11.8 Å². The molecule has 0 atom stereocenters. The van der Waals surface area contributed by atoms with Crippen LogP contribution < -0.4 is 5.32 Å². The number of halogens is 1. The van der Waals surface area contributed by atoms with Crippen molar-refractivity contribution >= 4 is 28.0 Å². The molecule has 0 aliphatic rings. The first-order valence-electron chi connectivity index (χ1n) is 9.02. The summed E-state index contributed by atoms with van der Waals surface area (Å²) in [7, 11) is 0. The summed E-state index contributed by atoms with van der Waals surface area (Å²) in [5, 5.41) is 8.59. The molecule has 0 fully saturated rings. The molecule has 148 valence electrons. The molecule has 0 radical (unpaired) electrons. The van der Waals surface area contributed by atoms with Crippen LogP contribution in [0.3, 0.4) is 0 Å². The lowest BCUT2D eigenvalue weighted by molar-refractivity contribution is 0.102. The fourth-order valence-electron chi connectivity index (χ4n) is 3.07. The Hall–Kier alpha value is -3.85. The van der Waals surface area contributed by atoms with Crippen molar-refractivity contribution in [1.82, 2.24) is 19.5 Å². The number of aryl methyl sites for hydroxylation is 1. The molecule has 0 saturated carbocycles. The maximum Gasteiger partial charge on any atom is 0.257 e. The Balaban J connectivity index is 1.46. The van der Waals surface area contributed by atoms with E-state index in [0.717, 1.165) is 10.5 Å². The van der Waals surface area contributed by atoms with E-state index in [1.54, 1.807) is 47.7 Å². The summed E-state index contributed by atoms with van der Waals surface area (Å²) < 4.78 is 20.3. The van der Waals surface area contributed by atoms with Crippen LogP contribution in [0.15, 0.2) is 64.6 Å². The molecule has 5 aromatic rings. The Morgan fingerprint density at radius 2 is 1.80 bits per heavy atom. The molecule has 0 aliphatic heterocycles. The molecular weight excluding hydrogens is 405 g/mol. The second-order valence-electron chi connectivity index (χ2n) is 6.55. The molecule has 30 heavy (non-hydrogen) atoms. The SMILES string of the molecule is Cc1noc(-c2ccc(C(=O)Nc3c(-c4ccc(F)cc4)nc4sccn34)cc2)n1. The van der Waals surface area contributed by atoms with Crippen molar-refractivity contribution in [3.8, 4) is 22.7 Å². The molecule has 3 aromatic heterocycles. The van der Waals surface area contributed by atoms with Gasteiger partial charge >= 0.3 is 0 Å². The number of carbonyl (C=O) groups is 1. The van der Waals surface area contributed by atoms with Gasteiger partial charge in [-0.05, 0) is 55.5 Å². The second kappa shape index (κ2) is 7.20. The Bertz CT molecular complexity index is 1350. The van der Waals surface area contributed by atoms with Gasteiger partial charge in [0.15, 0.2) is 10.8 Å². The molecule has 1 N–H and O–H groups in total. The van der Waals surface area contributed by atoms with Gasteiger partial charge in [-0.2, -0.15) is 4.98 Å². The zero-order valence-electron chi connectivity index (χ0n) is 15.7. The van der Waals surface area contributed by atoms with Crippen LogP contribution >= 0.6 is 11.3 Å². The summed E-state index contributed by atoms with van der Waals surface area (Å²) in [6.45, 7) is 1.74. The fraction of sp³-hybridized carbons (Fsp3) is 0.0476. The third-order valence-electron chi connectivity index (χ3n) is 4.53. The number of anilines is 1. The van der Waals surface area contributed by atoms with Gasteiger partial charge in [-0.15, -0.1) is 11.3 Å². The largest absolute Gasteiger partial charge is 0.334 e. The number of fused-ring (bicyclic) bond motifs is 1. The molecule has 0 bridgehead atoms. The molecule has 7 nitrogen and oxygen atoms in total. The predicted molar refractivity (Wildman–Crippen MR) is 111 cm³/mol. The minimum atomic E-state index is -0.332. The van der Waals surface area contributed by atoms with Crippen LogP contribution in [-0.4, -0.2) is 25.4 Å². The monoisotopic (exact) mass is 419 g/mol. The fourth-order valence-corrected chi connectivity index (χ4v) is 3.79. The minimum Gasteiger partial charge on any atom is -0.334 e. The highest BCUT2D eigenvalue weighted by Gasteiger charge is 2.18. The summed E-state index contributed by atoms with van der Waals surface area (Å²) in [6, 6.07) is 12.9. The Morgan fingerprint density at radius 3 is 2.50 bits per heavy atom. The van der Waals surface area contributed by atoms with E-state index >= 15 is 0 Å². The highest BCUT2D eigenvalue weighted by atomic mass is 32.1.